The van der Waals surface area contributed by atoms with Crippen molar-refractivity contribution in [2.24, 2.45) is 0 Å². The first-order chi connectivity index (χ1) is 20.6. The van der Waals surface area contributed by atoms with Gasteiger partial charge in [-0.2, -0.15) is 0 Å². The van der Waals surface area contributed by atoms with E-state index in [-0.39, 0.29) is 60.6 Å². The maximum atomic E-state index is 13.5. The van der Waals surface area contributed by atoms with E-state index in [1.165, 1.54) is 23.6 Å². The fourth-order valence-electron chi connectivity index (χ4n) is 4.96. The molecule has 13 nitrogen and oxygen atoms in total. The smallest absolute Gasteiger partial charge is 0.543 e. The zero-order valence-electron chi connectivity index (χ0n) is 23.7. The van der Waals surface area contributed by atoms with Crippen molar-refractivity contribution in [2.45, 2.75) is 24.4 Å². The van der Waals surface area contributed by atoms with Gasteiger partial charge in [0.2, 0.25) is 5.91 Å². The second kappa shape index (κ2) is 14.0. The number of carbonyl (C=O) groups excluding carboxylic acids is 6. The molecule has 0 spiro atoms. The van der Waals surface area contributed by atoms with Crippen LogP contribution in [0, 0.1) is 0 Å². The first kappa shape index (κ1) is 33.3. The van der Waals surface area contributed by atoms with Crippen LogP contribution in [0.4, 0.5) is 15.3 Å². The standard InChI is InChI=1S/C28H26ClN5O8S.Na/c1-15(35)42-13-17-14-43-25-21(24(37)34(25)22(17)26(38)39)30-23(36)20(16-6-3-2-4-7-16)31-27(40)33-11-10-32(28(33)41)19-9-5-8-18(29)12-19;/h2-9,12,20-21,25H,10-11,13-14H2,1H3,(H,30,36)(H,31,40)(H,38,39);/q;+1/p-1/t20?,21?,25-;/m0./s1. The van der Waals surface area contributed by atoms with Crippen molar-refractivity contribution < 1.29 is 68.2 Å². The van der Waals surface area contributed by atoms with E-state index < -0.39 is 59.0 Å². The minimum absolute atomic E-state index is 0. The Labute approximate surface area is 283 Å². The Morgan fingerprint density at radius 2 is 1.82 bits per heavy atom. The minimum atomic E-state index is -1.61. The zero-order chi connectivity index (χ0) is 30.8. The maximum Gasteiger partial charge on any atom is 1.00 e. The number of hydrogen-bond donors (Lipinski definition) is 2. The van der Waals surface area contributed by atoms with E-state index in [4.69, 9.17) is 16.3 Å². The summed E-state index contributed by atoms with van der Waals surface area (Å²) in [7, 11) is 0. The van der Waals surface area contributed by atoms with E-state index in [1.54, 1.807) is 54.6 Å². The number of imide groups is 1. The quantitative estimate of drug-likeness (QED) is 0.187. The van der Waals surface area contributed by atoms with E-state index in [9.17, 15) is 33.9 Å². The van der Waals surface area contributed by atoms with Gasteiger partial charge in [-0.1, -0.05) is 48.0 Å². The molecule has 5 rings (SSSR count). The number of benzene rings is 2. The van der Waals surface area contributed by atoms with Gasteiger partial charge in [-0.15, -0.1) is 11.8 Å². The van der Waals surface area contributed by atoms with Gasteiger partial charge in [0.1, 0.15) is 24.1 Å². The average Bonchev–Trinajstić information content (AvgIpc) is 3.38. The van der Waals surface area contributed by atoms with Crippen molar-refractivity contribution in [3.05, 3.63) is 76.5 Å². The molecule has 2 N–H and O–H groups in total. The van der Waals surface area contributed by atoms with Gasteiger partial charge in [0.15, 0.2) is 0 Å². The molecule has 0 aliphatic carbocycles. The SMILES string of the molecule is CC(=O)OCC1=C(C(=O)[O-])N2C(=O)C(NC(=O)C(NC(=O)N3CCN(c4cccc(Cl)c4)C3=O)c3ccccc3)[C@@H]2SC1.[Na+]. The molecule has 3 heterocycles. The molecule has 44 heavy (non-hydrogen) atoms. The predicted molar refractivity (Wildman–Crippen MR) is 152 cm³/mol. The van der Waals surface area contributed by atoms with Gasteiger partial charge in [-0.3, -0.25) is 24.2 Å². The van der Waals surface area contributed by atoms with Gasteiger partial charge in [-0.25, -0.2) is 14.5 Å². The molecule has 3 aliphatic heterocycles. The van der Waals surface area contributed by atoms with Crippen LogP contribution in [0.1, 0.15) is 18.5 Å². The van der Waals surface area contributed by atoms with Crippen molar-refractivity contribution in [3.8, 4) is 0 Å². The fraction of sp³-hybridized carbons (Fsp3) is 0.286. The number of nitrogens with zero attached hydrogens (tertiary/aromatic N) is 3. The molecule has 224 valence electrons. The molecule has 3 aliphatic rings. The molecule has 6 amide bonds. The number of halogens is 1. The molecule has 16 heteroatoms. The van der Waals surface area contributed by atoms with Gasteiger partial charge >= 0.3 is 47.6 Å². The number of carboxylic acids is 1. The zero-order valence-corrected chi connectivity index (χ0v) is 27.2. The third kappa shape index (κ3) is 6.74. The van der Waals surface area contributed by atoms with Gasteiger partial charge in [0.05, 0.1) is 18.2 Å². The fourth-order valence-corrected chi connectivity index (χ4v) is 6.48. The number of aliphatic carboxylic acids is 1. The van der Waals surface area contributed by atoms with Crippen LogP contribution in [0.15, 0.2) is 65.9 Å². The van der Waals surface area contributed by atoms with Gasteiger partial charge in [0, 0.05) is 35.5 Å². The third-order valence-electron chi connectivity index (χ3n) is 7.02. The number of fused-ring (bicyclic) bond motifs is 1. The Morgan fingerprint density at radius 1 is 1.09 bits per heavy atom. The summed E-state index contributed by atoms with van der Waals surface area (Å²) < 4.78 is 4.91. The Morgan fingerprint density at radius 3 is 2.48 bits per heavy atom. The molecule has 2 unspecified atom stereocenters. The number of carbonyl (C=O) groups is 6. The van der Waals surface area contributed by atoms with E-state index >= 15 is 0 Å². The number of urea groups is 2. The van der Waals surface area contributed by atoms with Crippen LogP contribution in [0.3, 0.4) is 0 Å². The number of thioether (sulfide) groups is 1. The normalized spacial score (nSPS) is 19.8. The number of anilines is 1. The van der Waals surface area contributed by atoms with Crippen LogP contribution in [0.2, 0.25) is 5.02 Å². The number of β-lactam (4-membered cyclic amide) rings is 1. The third-order valence-corrected chi connectivity index (χ3v) is 8.60. The van der Waals surface area contributed by atoms with Gasteiger partial charge in [0.25, 0.3) is 5.91 Å². The molecular weight excluding hydrogens is 625 g/mol. The second-order valence-corrected chi connectivity index (χ2v) is 11.3. The van der Waals surface area contributed by atoms with Crippen LogP contribution in [0.5, 0.6) is 0 Å². The Hall–Kier alpha value is -3.56. The molecule has 0 radical (unpaired) electrons. The van der Waals surface area contributed by atoms with Crippen LogP contribution >= 0.6 is 23.4 Å². The Balaban J connectivity index is 0.00000442. The number of nitrogens with one attached hydrogen (secondary N) is 2. The number of hydrogen-bond acceptors (Lipinski definition) is 9. The van der Waals surface area contributed by atoms with Crippen LogP contribution < -0.4 is 50.2 Å². The van der Waals surface area contributed by atoms with E-state index in [0.29, 0.717) is 16.3 Å². The number of rotatable bonds is 8. The first-order valence-electron chi connectivity index (χ1n) is 13.1. The molecule has 2 aromatic rings. The van der Waals surface area contributed by atoms with Gasteiger partial charge < -0.3 is 25.3 Å². The molecule has 0 bridgehead atoms. The molecule has 0 aromatic heterocycles. The van der Waals surface area contributed by atoms with Crippen molar-refractivity contribution in [1.29, 1.82) is 0 Å². The summed E-state index contributed by atoms with van der Waals surface area (Å²) in [5.74, 6) is -3.53. The topological polar surface area (TPSA) is 168 Å². The first-order valence-corrected chi connectivity index (χ1v) is 14.5. The van der Waals surface area contributed by atoms with Crippen LogP contribution in [-0.4, -0.2) is 82.5 Å². The van der Waals surface area contributed by atoms with Crippen molar-refractivity contribution in [2.75, 3.05) is 30.3 Å². The number of carboxylic acid groups (broad SMARTS) is 1. The monoisotopic (exact) mass is 649 g/mol. The summed E-state index contributed by atoms with van der Waals surface area (Å²) in [6, 6.07) is 11.1. The Bertz CT molecular complexity index is 1540. The molecule has 2 saturated heterocycles. The largest absolute Gasteiger partial charge is 1.00 e. The van der Waals surface area contributed by atoms with Crippen LogP contribution in [-0.2, 0) is 23.9 Å². The van der Waals surface area contributed by atoms with E-state index in [0.717, 1.165) is 9.80 Å². The summed E-state index contributed by atoms with van der Waals surface area (Å²) in [4.78, 5) is 79.4. The molecule has 3 atom stereocenters. The molecular formula is C28H25ClN5NaO8S. The van der Waals surface area contributed by atoms with Crippen LogP contribution in [0.25, 0.3) is 0 Å². The van der Waals surface area contributed by atoms with Crippen molar-refractivity contribution in [3.63, 3.8) is 0 Å². The molecule has 2 aromatic carbocycles. The summed E-state index contributed by atoms with van der Waals surface area (Å²) in [5, 5.41) is 16.8. The number of esters is 1. The van der Waals surface area contributed by atoms with Gasteiger partial charge in [-0.05, 0) is 23.8 Å². The second-order valence-electron chi connectivity index (χ2n) is 9.77. The molecule has 2 fully saturated rings. The Kier molecular flexibility index (Phi) is 10.6. The number of amides is 6. The summed E-state index contributed by atoms with van der Waals surface area (Å²) in [5.41, 5.74) is 0.714. The van der Waals surface area contributed by atoms with Crippen molar-refractivity contribution >= 4 is 64.9 Å². The summed E-state index contributed by atoms with van der Waals surface area (Å²) in [6.45, 7) is 1.14. The van der Waals surface area contributed by atoms with Crippen molar-refractivity contribution in [1.82, 2.24) is 20.4 Å². The summed E-state index contributed by atoms with van der Waals surface area (Å²) in [6.07, 6.45) is 0. The van der Waals surface area contributed by atoms with E-state index in [1.807, 2.05) is 0 Å². The average molecular weight is 650 g/mol. The summed E-state index contributed by atoms with van der Waals surface area (Å²) >= 11 is 7.24. The maximum absolute atomic E-state index is 13.5. The molecule has 0 saturated carbocycles. The minimum Gasteiger partial charge on any atom is -0.543 e. The number of ether oxygens (including phenoxy) is 1. The predicted octanol–water partition coefficient (Wildman–Crippen LogP) is -2.00. The van der Waals surface area contributed by atoms with E-state index in [2.05, 4.69) is 10.6 Å².